The highest BCUT2D eigenvalue weighted by molar-refractivity contribution is 5.97. The number of aromatic hydroxyl groups is 1. The largest absolute Gasteiger partial charge is 0.504 e. The number of amides is 2. The van der Waals surface area contributed by atoms with Gasteiger partial charge in [-0.05, 0) is 55.0 Å². The van der Waals surface area contributed by atoms with Crippen molar-refractivity contribution < 1.29 is 29.3 Å². The highest BCUT2D eigenvalue weighted by Crippen LogP contribution is 2.52. The number of phenols is 1. The molecule has 2 amide bonds. The van der Waals surface area contributed by atoms with Crippen LogP contribution in [0.1, 0.15) is 62.1 Å². The average molecular weight is 493 g/mol. The normalized spacial score (nSPS) is 22.5. The molecule has 2 aliphatic carbocycles. The zero-order valence-corrected chi connectivity index (χ0v) is 20.4. The van der Waals surface area contributed by atoms with Crippen molar-refractivity contribution in [1.82, 2.24) is 4.90 Å². The van der Waals surface area contributed by atoms with E-state index in [1.807, 2.05) is 34.1 Å². The lowest BCUT2D eigenvalue weighted by atomic mass is 9.81. The van der Waals surface area contributed by atoms with Crippen LogP contribution in [0.25, 0.3) is 0 Å². The van der Waals surface area contributed by atoms with Gasteiger partial charge in [-0.25, -0.2) is 0 Å². The topological polar surface area (TPSA) is 107 Å². The first-order valence-corrected chi connectivity index (χ1v) is 12.7. The van der Waals surface area contributed by atoms with Gasteiger partial charge < -0.3 is 24.7 Å². The summed E-state index contributed by atoms with van der Waals surface area (Å²) in [6, 6.07) is 12.8. The number of nitrogens with zero attached hydrogens (tertiary/aromatic N) is 2. The smallest absolute Gasteiger partial charge is 0.303 e. The molecule has 2 saturated carbocycles. The lowest BCUT2D eigenvalue weighted by molar-refractivity contribution is -0.142. The number of carbonyl (C=O) groups excluding carboxylic acids is 2. The summed E-state index contributed by atoms with van der Waals surface area (Å²) < 4.78 is 5.12. The maximum Gasteiger partial charge on any atom is 0.303 e. The van der Waals surface area contributed by atoms with Crippen LogP contribution in [-0.4, -0.2) is 52.1 Å². The lowest BCUT2D eigenvalue weighted by Crippen LogP contribution is -2.53. The number of aliphatic carboxylic acids is 1. The molecular formula is C28H32N2O6. The van der Waals surface area contributed by atoms with Crippen LogP contribution in [0.3, 0.4) is 0 Å². The summed E-state index contributed by atoms with van der Waals surface area (Å²) in [5.41, 5.74) is 2.49. The molecule has 5 rings (SSSR count). The summed E-state index contributed by atoms with van der Waals surface area (Å²) in [5.74, 6) is -0.663. The molecule has 190 valence electrons. The molecule has 2 aromatic rings. The molecule has 1 heterocycles. The van der Waals surface area contributed by atoms with Crippen LogP contribution in [0, 0.1) is 5.92 Å². The fourth-order valence-corrected chi connectivity index (χ4v) is 6.09. The quantitative estimate of drug-likeness (QED) is 0.576. The second kappa shape index (κ2) is 9.84. The Bertz CT molecular complexity index is 1180. The fourth-order valence-electron chi connectivity index (χ4n) is 6.09. The summed E-state index contributed by atoms with van der Waals surface area (Å²) in [6.07, 6.45) is 4.55. The van der Waals surface area contributed by atoms with Crippen molar-refractivity contribution in [2.45, 2.75) is 69.5 Å². The van der Waals surface area contributed by atoms with Gasteiger partial charge in [-0.1, -0.05) is 30.7 Å². The van der Waals surface area contributed by atoms with Crippen molar-refractivity contribution in [2.75, 3.05) is 12.0 Å². The van der Waals surface area contributed by atoms with Gasteiger partial charge >= 0.3 is 5.97 Å². The van der Waals surface area contributed by atoms with Gasteiger partial charge in [0, 0.05) is 30.1 Å². The standard InChI is InChI=1S/C28H32N2O6/c1-36-24-12-9-17(15-23(24)31)16-26(33)30-21-7-3-2-5-19(21)28(20-6-4-8-22(20)30)29(18-10-11-18)25(32)13-14-27(34)35/h2-3,5,7,9,12,15,18,20,22,28,31H,4,6,8,10-11,13-14,16H2,1H3,(H,34,35). The molecule has 0 aromatic heterocycles. The number of benzene rings is 2. The first kappa shape index (κ1) is 24.2. The minimum atomic E-state index is -0.969. The Morgan fingerprint density at radius 3 is 2.53 bits per heavy atom. The minimum absolute atomic E-state index is 0.000555. The Morgan fingerprint density at radius 2 is 1.83 bits per heavy atom. The van der Waals surface area contributed by atoms with Crippen LogP contribution in [-0.2, 0) is 20.8 Å². The number of phenolic OH excluding ortho intramolecular Hbond substituents is 1. The maximum absolute atomic E-state index is 13.7. The molecule has 0 radical (unpaired) electrons. The molecular weight excluding hydrogens is 460 g/mol. The Morgan fingerprint density at radius 1 is 1.06 bits per heavy atom. The predicted molar refractivity (Wildman–Crippen MR) is 133 cm³/mol. The molecule has 36 heavy (non-hydrogen) atoms. The number of carbonyl (C=O) groups is 3. The third-order valence-corrected chi connectivity index (χ3v) is 7.73. The molecule has 2 N–H and O–H groups in total. The van der Waals surface area contributed by atoms with Crippen LogP contribution >= 0.6 is 0 Å². The van der Waals surface area contributed by atoms with Gasteiger partial charge in [0.1, 0.15) is 0 Å². The van der Waals surface area contributed by atoms with Gasteiger partial charge in [0.05, 0.1) is 26.0 Å². The Hall–Kier alpha value is -3.55. The van der Waals surface area contributed by atoms with E-state index in [0.29, 0.717) is 11.3 Å². The second-order valence-corrected chi connectivity index (χ2v) is 10.0. The van der Waals surface area contributed by atoms with Gasteiger partial charge in [-0.3, -0.25) is 14.4 Å². The summed E-state index contributed by atoms with van der Waals surface area (Å²) in [6.45, 7) is 0. The van der Waals surface area contributed by atoms with E-state index in [4.69, 9.17) is 9.84 Å². The summed E-state index contributed by atoms with van der Waals surface area (Å²) in [5, 5.41) is 19.3. The fraction of sp³-hybridized carbons (Fsp3) is 0.464. The van der Waals surface area contributed by atoms with Gasteiger partial charge in [-0.2, -0.15) is 0 Å². The number of hydrogen-bond donors (Lipinski definition) is 2. The number of ether oxygens (including phenoxy) is 1. The third-order valence-electron chi connectivity index (χ3n) is 7.73. The third kappa shape index (κ3) is 4.52. The molecule has 8 nitrogen and oxygen atoms in total. The molecule has 0 saturated heterocycles. The average Bonchev–Trinajstić information content (AvgIpc) is 3.58. The molecule has 3 unspecified atom stereocenters. The van der Waals surface area contributed by atoms with Crippen LogP contribution < -0.4 is 9.64 Å². The number of fused-ring (bicyclic) bond motifs is 2. The molecule has 0 bridgehead atoms. The number of hydrogen-bond acceptors (Lipinski definition) is 5. The summed E-state index contributed by atoms with van der Waals surface area (Å²) >= 11 is 0. The van der Waals surface area contributed by atoms with E-state index < -0.39 is 5.97 Å². The number of methoxy groups -OCH3 is 1. The lowest BCUT2D eigenvalue weighted by Gasteiger charge is -2.48. The number of anilines is 1. The number of rotatable bonds is 8. The number of para-hydroxylation sites is 1. The Labute approximate surface area is 210 Å². The summed E-state index contributed by atoms with van der Waals surface area (Å²) in [4.78, 5) is 42.1. The van der Waals surface area contributed by atoms with Crippen molar-refractivity contribution >= 4 is 23.5 Å². The van der Waals surface area contributed by atoms with Crippen molar-refractivity contribution in [3.8, 4) is 11.5 Å². The second-order valence-electron chi connectivity index (χ2n) is 10.0. The zero-order valence-electron chi connectivity index (χ0n) is 20.4. The van der Waals surface area contributed by atoms with E-state index in [2.05, 4.69) is 0 Å². The molecule has 3 atom stereocenters. The van der Waals surface area contributed by atoms with Crippen LogP contribution in [0.15, 0.2) is 42.5 Å². The molecule has 1 aliphatic heterocycles. The molecule has 2 fully saturated rings. The van der Waals surface area contributed by atoms with Gasteiger partial charge in [0.25, 0.3) is 0 Å². The highest BCUT2D eigenvalue weighted by atomic mass is 16.5. The van der Waals surface area contributed by atoms with Crippen molar-refractivity contribution in [3.63, 3.8) is 0 Å². The minimum Gasteiger partial charge on any atom is -0.504 e. The van der Waals surface area contributed by atoms with E-state index in [1.165, 1.54) is 7.11 Å². The number of carboxylic acids is 1. The van der Waals surface area contributed by atoms with Gasteiger partial charge in [0.2, 0.25) is 11.8 Å². The van der Waals surface area contributed by atoms with E-state index in [0.717, 1.165) is 43.4 Å². The highest BCUT2D eigenvalue weighted by Gasteiger charge is 2.51. The predicted octanol–water partition coefficient (Wildman–Crippen LogP) is 4.06. The SMILES string of the molecule is COc1ccc(CC(=O)N2c3ccccc3C(N(C(=O)CCC(=O)O)C3CC3)C3CCCC32)cc1O. The Balaban J connectivity index is 1.48. The van der Waals surface area contributed by atoms with Crippen LogP contribution in [0.4, 0.5) is 5.69 Å². The van der Waals surface area contributed by atoms with Gasteiger partial charge in [0.15, 0.2) is 11.5 Å². The van der Waals surface area contributed by atoms with Crippen LogP contribution in [0.5, 0.6) is 11.5 Å². The zero-order chi connectivity index (χ0) is 25.4. The monoisotopic (exact) mass is 492 g/mol. The van der Waals surface area contributed by atoms with E-state index in [9.17, 15) is 19.5 Å². The van der Waals surface area contributed by atoms with E-state index in [-0.39, 0.29) is 60.9 Å². The molecule has 0 spiro atoms. The number of carboxylic acid groups (broad SMARTS) is 1. The summed E-state index contributed by atoms with van der Waals surface area (Å²) in [7, 11) is 1.48. The van der Waals surface area contributed by atoms with Crippen LogP contribution in [0.2, 0.25) is 0 Å². The Kier molecular flexibility index (Phi) is 6.60. The molecule has 3 aliphatic rings. The van der Waals surface area contributed by atoms with Crippen molar-refractivity contribution in [1.29, 1.82) is 0 Å². The van der Waals surface area contributed by atoms with E-state index >= 15 is 0 Å². The molecule has 2 aromatic carbocycles. The van der Waals surface area contributed by atoms with E-state index in [1.54, 1.807) is 18.2 Å². The van der Waals surface area contributed by atoms with Crippen molar-refractivity contribution in [3.05, 3.63) is 53.6 Å². The maximum atomic E-state index is 13.7. The van der Waals surface area contributed by atoms with Gasteiger partial charge in [-0.15, -0.1) is 0 Å². The first-order chi connectivity index (χ1) is 17.4. The van der Waals surface area contributed by atoms with Crippen molar-refractivity contribution in [2.24, 2.45) is 5.92 Å². The molecule has 8 heteroatoms. The first-order valence-electron chi connectivity index (χ1n) is 12.7.